The molecule has 0 aromatic heterocycles. The highest BCUT2D eigenvalue weighted by Gasteiger charge is 2.26. The van der Waals surface area contributed by atoms with Crippen LogP contribution in [0.4, 0.5) is 5.69 Å². The average Bonchev–Trinajstić information content (AvgIpc) is 3.02. The molecule has 2 heterocycles. The number of benzene rings is 1. The monoisotopic (exact) mass is 306 g/mol. The zero-order valence-electron chi connectivity index (χ0n) is 12.7. The van der Waals surface area contributed by atoms with E-state index in [1.807, 2.05) is 13.0 Å². The van der Waals surface area contributed by atoms with Gasteiger partial charge in [-0.25, -0.2) is 0 Å². The summed E-state index contributed by atoms with van der Waals surface area (Å²) in [5.41, 5.74) is 0.714. The summed E-state index contributed by atoms with van der Waals surface area (Å²) in [4.78, 5) is 14.5. The number of nitrogens with one attached hydrogen (secondary N) is 1. The maximum absolute atomic E-state index is 12.4. The van der Waals surface area contributed by atoms with Crippen molar-refractivity contribution in [2.75, 3.05) is 31.8 Å². The van der Waals surface area contributed by atoms with E-state index in [0.717, 1.165) is 25.9 Å². The number of fused-ring (bicyclic) bond motifs is 1. The van der Waals surface area contributed by atoms with E-state index < -0.39 is 0 Å². The molecule has 1 fully saturated rings. The molecular weight excluding hydrogens is 284 g/mol. The molecule has 0 spiro atoms. The van der Waals surface area contributed by atoms with Gasteiger partial charge in [-0.2, -0.15) is 0 Å². The highest BCUT2D eigenvalue weighted by molar-refractivity contribution is 5.94. The van der Waals surface area contributed by atoms with Crippen molar-refractivity contribution in [2.24, 2.45) is 5.92 Å². The Morgan fingerprint density at radius 1 is 1.36 bits per heavy atom. The maximum Gasteiger partial charge on any atom is 0.241 e. The van der Waals surface area contributed by atoms with Crippen molar-refractivity contribution in [1.29, 1.82) is 0 Å². The third kappa shape index (κ3) is 3.18. The standard InChI is InChI=1S/C16H22N2O4/c1-11(18-6-4-12(9-19)5-7-18)16(20)17-13-2-3-14-15(8-13)22-10-21-14/h2-3,8,11-12,19H,4-7,9-10H2,1H3,(H,17,20). The summed E-state index contributed by atoms with van der Waals surface area (Å²) >= 11 is 0. The molecule has 1 saturated heterocycles. The normalized spacial score (nSPS) is 19.9. The second-order valence-electron chi connectivity index (χ2n) is 5.90. The summed E-state index contributed by atoms with van der Waals surface area (Å²) in [5.74, 6) is 1.72. The van der Waals surface area contributed by atoms with Crippen LogP contribution in [0.5, 0.6) is 11.5 Å². The lowest BCUT2D eigenvalue weighted by Crippen LogP contribution is -2.46. The Morgan fingerprint density at radius 3 is 2.82 bits per heavy atom. The van der Waals surface area contributed by atoms with E-state index >= 15 is 0 Å². The van der Waals surface area contributed by atoms with Crippen molar-refractivity contribution in [3.05, 3.63) is 18.2 Å². The first-order chi connectivity index (χ1) is 10.7. The van der Waals surface area contributed by atoms with E-state index in [-0.39, 0.29) is 25.3 Å². The van der Waals surface area contributed by atoms with Crippen molar-refractivity contribution in [2.45, 2.75) is 25.8 Å². The lowest BCUT2D eigenvalue weighted by molar-refractivity contribution is -0.121. The van der Waals surface area contributed by atoms with Crippen LogP contribution in [-0.2, 0) is 4.79 Å². The largest absolute Gasteiger partial charge is 0.454 e. The number of ether oxygens (including phenoxy) is 2. The van der Waals surface area contributed by atoms with Gasteiger partial charge in [0.05, 0.1) is 6.04 Å². The number of piperidine rings is 1. The van der Waals surface area contributed by atoms with Crippen molar-refractivity contribution in [3.8, 4) is 11.5 Å². The van der Waals surface area contributed by atoms with Gasteiger partial charge in [0.1, 0.15) is 0 Å². The molecule has 120 valence electrons. The fourth-order valence-corrected chi connectivity index (χ4v) is 2.91. The molecular formula is C16H22N2O4. The Labute approximate surface area is 130 Å². The van der Waals surface area contributed by atoms with Gasteiger partial charge in [-0.1, -0.05) is 0 Å². The van der Waals surface area contributed by atoms with Gasteiger partial charge in [0.25, 0.3) is 0 Å². The second-order valence-corrected chi connectivity index (χ2v) is 5.90. The van der Waals surface area contributed by atoms with Crippen LogP contribution in [0.1, 0.15) is 19.8 Å². The third-order valence-electron chi connectivity index (χ3n) is 4.47. The van der Waals surface area contributed by atoms with Gasteiger partial charge in [0, 0.05) is 18.4 Å². The zero-order valence-corrected chi connectivity index (χ0v) is 12.7. The van der Waals surface area contributed by atoms with Crippen LogP contribution in [0.3, 0.4) is 0 Å². The molecule has 0 saturated carbocycles. The van der Waals surface area contributed by atoms with Crippen molar-refractivity contribution in [1.82, 2.24) is 4.90 Å². The molecule has 6 nitrogen and oxygen atoms in total. The molecule has 2 N–H and O–H groups in total. The fourth-order valence-electron chi connectivity index (χ4n) is 2.91. The molecule has 0 radical (unpaired) electrons. The predicted octanol–water partition coefficient (Wildman–Crippen LogP) is 1.45. The van der Waals surface area contributed by atoms with E-state index in [0.29, 0.717) is 23.1 Å². The molecule has 22 heavy (non-hydrogen) atoms. The van der Waals surface area contributed by atoms with Crippen LogP contribution < -0.4 is 14.8 Å². The molecule has 0 aliphatic carbocycles. The second kappa shape index (κ2) is 6.54. The van der Waals surface area contributed by atoms with E-state index in [2.05, 4.69) is 10.2 Å². The first-order valence-corrected chi connectivity index (χ1v) is 7.73. The molecule has 1 amide bonds. The molecule has 3 rings (SSSR count). The highest BCUT2D eigenvalue weighted by atomic mass is 16.7. The number of rotatable bonds is 4. The van der Waals surface area contributed by atoms with E-state index in [4.69, 9.17) is 9.47 Å². The number of aliphatic hydroxyl groups excluding tert-OH is 1. The molecule has 0 bridgehead atoms. The Hall–Kier alpha value is -1.79. The molecule has 1 atom stereocenters. The maximum atomic E-state index is 12.4. The average molecular weight is 306 g/mol. The lowest BCUT2D eigenvalue weighted by Gasteiger charge is -2.34. The molecule has 2 aliphatic rings. The van der Waals surface area contributed by atoms with Crippen LogP contribution in [0.25, 0.3) is 0 Å². The number of hydrogen-bond donors (Lipinski definition) is 2. The Balaban J connectivity index is 1.57. The summed E-state index contributed by atoms with van der Waals surface area (Å²) in [7, 11) is 0. The first kappa shape index (κ1) is 15.1. The topological polar surface area (TPSA) is 71.0 Å². The van der Waals surface area contributed by atoms with E-state index in [1.54, 1.807) is 12.1 Å². The van der Waals surface area contributed by atoms with E-state index in [1.165, 1.54) is 0 Å². The van der Waals surface area contributed by atoms with Crippen molar-refractivity contribution < 1.29 is 19.4 Å². The van der Waals surface area contributed by atoms with Crippen LogP contribution in [0.2, 0.25) is 0 Å². The molecule has 1 aromatic rings. The number of likely N-dealkylation sites (tertiary alicyclic amines) is 1. The number of carbonyl (C=O) groups is 1. The van der Waals surface area contributed by atoms with Crippen LogP contribution in [0.15, 0.2) is 18.2 Å². The number of amides is 1. The SMILES string of the molecule is CC(C(=O)Nc1ccc2c(c1)OCO2)N1CCC(CO)CC1. The minimum atomic E-state index is -0.190. The summed E-state index contributed by atoms with van der Waals surface area (Å²) < 4.78 is 10.6. The number of carbonyl (C=O) groups excluding carboxylic acids is 1. The van der Waals surface area contributed by atoms with Gasteiger partial charge in [-0.3, -0.25) is 9.69 Å². The molecule has 1 unspecified atom stereocenters. The molecule has 1 aromatic carbocycles. The van der Waals surface area contributed by atoms with Gasteiger partial charge in [-0.15, -0.1) is 0 Å². The Kier molecular flexibility index (Phi) is 4.49. The minimum absolute atomic E-state index is 0.0266. The van der Waals surface area contributed by atoms with Gasteiger partial charge >= 0.3 is 0 Å². The summed E-state index contributed by atoms with van der Waals surface area (Å²) in [5, 5.41) is 12.1. The fraction of sp³-hybridized carbons (Fsp3) is 0.562. The highest BCUT2D eigenvalue weighted by Crippen LogP contribution is 2.34. The van der Waals surface area contributed by atoms with Crippen LogP contribution >= 0.6 is 0 Å². The van der Waals surface area contributed by atoms with Gasteiger partial charge < -0.3 is 19.9 Å². The minimum Gasteiger partial charge on any atom is -0.454 e. The van der Waals surface area contributed by atoms with Gasteiger partial charge in [-0.05, 0) is 50.9 Å². The third-order valence-corrected chi connectivity index (χ3v) is 4.47. The predicted molar refractivity (Wildman–Crippen MR) is 82.0 cm³/mol. The quantitative estimate of drug-likeness (QED) is 0.881. The number of aliphatic hydroxyl groups is 1. The Bertz CT molecular complexity index is 541. The first-order valence-electron chi connectivity index (χ1n) is 7.73. The van der Waals surface area contributed by atoms with E-state index in [9.17, 15) is 9.90 Å². The molecule has 6 heteroatoms. The zero-order chi connectivity index (χ0) is 15.5. The summed E-state index contributed by atoms with van der Waals surface area (Å²) in [6.07, 6.45) is 1.89. The lowest BCUT2D eigenvalue weighted by atomic mass is 9.97. The Morgan fingerprint density at radius 2 is 2.09 bits per heavy atom. The number of anilines is 1. The smallest absolute Gasteiger partial charge is 0.241 e. The number of hydrogen-bond acceptors (Lipinski definition) is 5. The van der Waals surface area contributed by atoms with Crippen molar-refractivity contribution >= 4 is 11.6 Å². The van der Waals surface area contributed by atoms with Gasteiger partial charge in [0.15, 0.2) is 11.5 Å². The van der Waals surface area contributed by atoms with Gasteiger partial charge in [0.2, 0.25) is 12.7 Å². The van der Waals surface area contributed by atoms with Crippen LogP contribution in [0, 0.1) is 5.92 Å². The number of nitrogens with zero attached hydrogens (tertiary/aromatic N) is 1. The van der Waals surface area contributed by atoms with Crippen molar-refractivity contribution in [3.63, 3.8) is 0 Å². The summed E-state index contributed by atoms with van der Waals surface area (Å²) in [6.45, 7) is 4.08. The van der Waals surface area contributed by atoms with Crippen LogP contribution in [-0.4, -0.2) is 48.4 Å². The molecule has 2 aliphatic heterocycles. The summed E-state index contributed by atoms with van der Waals surface area (Å²) in [6, 6.07) is 5.21.